The molecule has 0 amide bonds. The third-order valence-corrected chi connectivity index (χ3v) is 1.92. The monoisotopic (exact) mass is 190 g/mol. The Morgan fingerprint density at radius 2 is 2.00 bits per heavy atom. The molecule has 1 atom stereocenters. The second kappa shape index (κ2) is 3.14. The van der Waals surface area contributed by atoms with Gasteiger partial charge in [0.05, 0.1) is 6.20 Å². The van der Waals surface area contributed by atoms with Gasteiger partial charge >= 0.3 is 5.79 Å². The number of Topliss-reactive ketones (excluding diaryl/α,β-unsaturated/α-hetero) is 1. The Morgan fingerprint density at radius 3 is 2.57 bits per heavy atom. The molecule has 1 heterocycles. The highest BCUT2D eigenvalue weighted by Crippen LogP contribution is 2.25. The van der Waals surface area contributed by atoms with Gasteiger partial charge in [0.15, 0.2) is 0 Å². The number of carbonyl (C=O) groups is 1. The first kappa shape index (κ1) is 8.74. The maximum Gasteiger partial charge on any atom is 0.301 e. The second-order valence-corrected chi connectivity index (χ2v) is 2.90. The van der Waals surface area contributed by atoms with E-state index < -0.39 is 11.6 Å². The molecule has 0 saturated heterocycles. The van der Waals surface area contributed by atoms with Gasteiger partial charge in [0, 0.05) is 11.6 Å². The van der Waals surface area contributed by atoms with Gasteiger partial charge in [-0.25, -0.2) is 4.39 Å². The Labute approximate surface area is 80.0 Å². The minimum atomic E-state index is -2.30. The van der Waals surface area contributed by atoms with Crippen molar-refractivity contribution < 1.29 is 9.18 Å². The van der Waals surface area contributed by atoms with E-state index in [4.69, 9.17) is 0 Å². The molecule has 3 nitrogen and oxygen atoms in total. The van der Waals surface area contributed by atoms with Gasteiger partial charge in [-0.15, -0.1) is 5.11 Å². The van der Waals surface area contributed by atoms with Crippen LogP contribution < -0.4 is 0 Å². The van der Waals surface area contributed by atoms with Crippen LogP contribution in [0.4, 0.5) is 4.39 Å². The van der Waals surface area contributed by atoms with Gasteiger partial charge in [-0.05, 0) is 0 Å². The molecule has 1 unspecified atom stereocenters. The molecule has 0 N–H and O–H groups in total. The molecule has 1 aliphatic heterocycles. The van der Waals surface area contributed by atoms with Crippen molar-refractivity contribution in [2.24, 2.45) is 10.2 Å². The number of rotatable bonds is 2. The third kappa shape index (κ3) is 1.35. The SMILES string of the molecule is O=C(c1ccccc1)C1(F)C=CN=N1. The third-order valence-electron chi connectivity index (χ3n) is 1.92. The highest BCUT2D eigenvalue weighted by molar-refractivity contribution is 6.03. The van der Waals surface area contributed by atoms with Gasteiger partial charge in [0.1, 0.15) is 0 Å². The first-order chi connectivity index (χ1) is 6.72. The minimum absolute atomic E-state index is 0.292. The van der Waals surface area contributed by atoms with Crippen molar-refractivity contribution in [3.8, 4) is 0 Å². The van der Waals surface area contributed by atoms with Crippen LogP contribution in [-0.4, -0.2) is 11.6 Å². The molecule has 70 valence electrons. The van der Waals surface area contributed by atoms with Crippen LogP contribution in [0.2, 0.25) is 0 Å². The number of benzene rings is 1. The molecule has 1 aliphatic rings. The van der Waals surface area contributed by atoms with Crippen molar-refractivity contribution in [1.82, 2.24) is 0 Å². The van der Waals surface area contributed by atoms with E-state index >= 15 is 0 Å². The quantitative estimate of drug-likeness (QED) is 0.521. The Balaban J connectivity index is 2.34. The summed E-state index contributed by atoms with van der Waals surface area (Å²) in [6, 6.07) is 8.20. The van der Waals surface area contributed by atoms with Crippen LogP contribution in [0.25, 0.3) is 0 Å². The van der Waals surface area contributed by atoms with Gasteiger partial charge in [0.2, 0.25) is 5.78 Å². The van der Waals surface area contributed by atoms with Crippen molar-refractivity contribution in [2.45, 2.75) is 5.79 Å². The Bertz CT molecular complexity index is 399. The minimum Gasteiger partial charge on any atom is -0.288 e. The number of halogens is 1. The zero-order valence-electron chi connectivity index (χ0n) is 7.22. The van der Waals surface area contributed by atoms with Gasteiger partial charge in [0.25, 0.3) is 0 Å². The number of nitrogens with zero attached hydrogens (tertiary/aromatic N) is 2. The van der Waals surface area contributed by atoms with Crippen LogP contribution in [0.5, 0.6) is 0 Å². The fourth-order valence-electron chi connectivity index (χ4n) is 1.20. The van der Waals surface area contributed by atoms with E-state index in [0.717, 1.165) is 6.08 Å². The first-order valence-electron chi connectivity index (χ1n) is 4.11. The molecule has 0 bridgehead atoms. The zero-order chi connectivity index (χ0) is 10.0. The lowest BCUT2D eigenvalue weighted by Crippen LogP contribution is -2.27. The standard InChI is InChI=1S/C10H7FN2O/c11-10(6-7-12-13-10)9(14)8-4-2-1-3-5-8/h1-7H. The van der Waals surface area contributed by atoms with Gasteiger partial charge < -0.3 is 0 Å². The molecule has 0 spiro atoms. The molecule has 0 fully saturated rings. The Hall–Kier alpha value is -1.84. The summed E-state index contributed by atoms with van der Waals surface area (Å²) in [6.07, 6.45) is 2.23. The molecule has 1 aromatic rings. The van der Waals surface area contributed by atoms with Crippen LogP contribution in [0.3, 0.4) is 0 Å². The van der Waals surface area contributed by atoms with Crippen molar-refractivity contribution >= 4 is 5.78 Å². The van der Waals surface area contributed by atoms with Crippen molar-refractivity contribution in [1.29, 1.82) is 0 Å². The predicted octanol–water partition coefficient (Wildman–Crippen LogP) is 2.51. The molecule has 4 heteroatoms. The summed E-state index contributed by atoms with van der Waals surface area (Å²) in [5.74, 6) is -2.99. The van der Waals surface area contributed by atoms with E-state index in [1.807, 2.05) is 0 Å². The van der Waals surface area contributed by atoms with Crippen molar-refractivity contribution in [3.63, 3.8) is 0 Å². The van der Waals surface area contributed by atoms with Crippen LogP contribution >= 0.6 is 0 Å². The molecule has 0 aliphatic carbocycles. The number of hydrogen-bond acceptors (Lipinski definition) is 3. The average Bonchev–Trinajstić information content (AvgIpc) is 2.67. The summed E-state index contributed by atoms with van der Waals surface area (Å²) in [6.45, 7) is 0. The van der Waals surface area contributed by atoms with Crippen LogP contribution in [-0.2, 0) is 0 Å². The fourth-order valence-corrected chi connectivity index (χ4v) is 1.20. The number of carbonyl (C=O) groups excluding carboxylic acids is 1. The van der Waals surface area contributed by atoms with E-state index in [1.54, 1.807) is 30.3 Å². The summed E-state index contributed by atoms with van der Waals surface area (Å²) < 4.78 is 13.7. The number of azo groups is 1. The van der Waals surface area contributed by atoms with Crippen LogP contribution in [0.15, 0.2) is 52.8 Å². The summed E-state index contributed by atoms with van der Waals surface area (Å²) in [7, 11) is 0. The van der Waals surface area contributed by atoms with Gasteiger partial charge in [-0.2, -0.15) is 5.11 Å². The first-order valence-corrected chi connectivity index (χ1v) is 4.11. The Morgan fingerprint density at radius 1 is 1.29 bits per heavy atom. The highest BCUT2D eigenvalue weighted by atomic mass is 19.1. The van der Waals surface area contributed by atoms with Crippen LogP contribution in [0.1, 0.15) is 10.4 Å². The Kier molecular flexibility index (Phi) is 1.96. The maximum absolute atomic E-state index is 13.7. The van der Waals surface area contributed by atoms with Crippen molar-refractivity contribution in [2.75, 3.05) is 0 Å². The van der Waals surface area contributed by atoms with E-state index in [1.165, 1.54) is 6.20 Å². The number of alkyl halides is 1. The lowest BCUT2D eigenvalue weighted by atomic mass is 10.0. The molecular weight excluding hydrogens is 183 g/mol. The normalized spacial score (nSPS) is 24.1. The summed E-state index contributed by atoms with van der Waals surface area (Å²) in [5, 5.41) is 6.57. The molecule has 1 aromatic carbocycles. The lowest BCUT2D eigenvalue weighted by Gasteiger charge is -2.09. The maximum atomic E-state index is 13.7. The predicted molar refractivity (Wildman–Crippen MR) is 48.6 cm³/mol. The van der Waals surface area contributed by atoms with Gasteiger partial charge in [-0.3, -0.25) is 4.79 Å². The second-order valence-electron chi connectivity index (χ2n) is 2.90. The van der Waals surface area contributed by atoms with E-state index in [9.17, 15) is 9.18 Å². The summed E-state index contributed by atoms with van der Waals surface area (Å²) >= 11 is 0. The van der Waals surface area contributed by atoms with E-state index in [2.05, 4.69) is 10.2 Å². The van der Waals surface area contributed by atoms with E-state index in [0.29, 0.717) is 5.56 Å². The molecular formula is C10H7FN2O. The fraction of sp³-hybridized carbons (Fsp3) is 0.100. The topological polar surface area (TPSA) is 41.8 Å². The highest BCUT2D eigenvalue weighted by Gasteiger charge is 2.38. The van der Waals surface area contributed by atoms with Crippen molar-refractivity contribution in [3.05, 3.63) is 48.2 Å². The zero-order valence-corrected chi connectivity index (χ0v) is 7.22. The summed E-state index contributed by atoms with van der Waals surface area (Å²) in [4.78, 5) is 11.6. The molecule has 2 rings (SSSR count). The van der Waals surface area contributed by atoms with Crippen LogP contribution in [0, 0.1) is 0 Å². The molecule has 0 radical (unpaired) electrons. The average molecular weight is 190 g/mol. The molecule has 14 heavy (non-hydrogen) atoms. The largest absolute Gasteiger partial charge is 0.301 e. The molecule has 0 saturated carbocycles. The smallest absolute Gasteiger partial charge is 0.288 e. The summed E-state index contributed by atoms with van der Waals surface area (Å²) in [5.41, 5.74) is 0.292. The lowest BCUT2D eigenvalue weighted by molar-refractivity contribution is 0.0789. The molecule has 0 aromatic heterocycles. The van der Waals surface area contributed by atoms with E-state index in [-0.39, 0.29) is 0 Å². The number of hydrogen-bond donors (Lipinski definition) is 0. The van der Waals surface area contributed by atoms with Gasteiger partial charge in [-0.1, -0.05) is 30.3 Å². The number of ketones is 1.